The summed E-state index contributed by atoms with van der Waals surface area (Å²) in [6.45, 7) is 3.39. The summed E-state index contributed by atoms with van der Waals surface area (Å²) in [5, 5.41) is 19.7. The largest absolute Gasteiger partial charge is 0.480 e. The van der Waals surface area contributed by atoms with Crippen LogP contribution < -0.4 is 5.73 Å². The minimum absolute atomic E-state index is 0.0493. The van der Waals surface area contributed by atoms with Gasteiger partial charge in [-0.25, -0.2) is 0 Å². The highest BCUT2D eigenvalue weighted by atomic mass is 16.6. The second-order valence-electron chi connectivity index (χ2n) is 4.97. The molecule has 0 spiro atoms. The van der Waals surface area contributed by atoms with E-state index in [1.165, 1.54) is 18.2 Å². The van der Waals surface area contributed by atoms with E-state index in [0.29, 0.717) is 0 Å². The fraction of sp³-hybridized carbons (Fsp3) is 0.385. The van der Waals surface area contributed by atoms with Crippen LogP contribution in [0.25, 0.3) is 0 Å². The molecule has 1 aromatic rings. The van der Waals surface area contributed by atoms with Crippen molar-refractivity contribution in [3.05, 3.63) is 33.9 Å². The highest BCUT2D eigenvalue weighted by Crippen LogP contribution is 2.26. The molecule has 21 heavy (non-hydrogen) atoms. The van der Waals surface area contributed by atoms with Crippen LogP contribution in [0, 0.1) is 16.0 Å². The van der Waals surface area contributed by atoms with E-state index in [0.717, 1.165) is 4.90 Å². The number of nitrogens with zero attached hydrogens (tertiary/aromatic N) is 2. The van der Waals surface area contributed by atoms with E-state index in [1.54, 1.807) is 0 Å². The molecule has 114 valence electrons. The van der Waals surface area contributed by atoms with Crippen LogP contribution in [-0.2, 0) is 4.79 Å². The van der Waals surface area contributed by atoms with E-state index in [4.69, 9.17) is 10.8 Å². The van der Waals surface area contributed by atoms with Crippen molar-refractivity contribution in [2.24, 2.45) is 5.92 Å². The fourth-order valence-electron chi connectivity index (χ4n) is 1.89. The lowest BCUT2D eigenvalue weighted by molar-refractivity contribution is -0.383. The maximum atomic E-state index is 12.4. The molecule has 0 aromatic heterocycles. The first-order valence-corrected chi connectivity index (χ1v) is 6.28. The number of carboxylic acids is 1. The van der Waals surface area contributed by atoms with E-state index in [2.05, 4.69) is 0 Å². The monoisotopic (exact) mass is 295 g/mol. The molecule has 3 N–H and O–H groups in total. The number of rotatable bonds is 6. The smallest absolute Gasteiger partial charge is 0.323 e. The Morgan fingerprint density at radius 3 is 2.52 bits per heavy atom. The first-order valence-electron chi connectivity index (χ1n) is 6.28. The van der Waals surface area contributed by atoms with Crippen molar-refractivity contribution < 1.29 is 19.6 Å². The van der Waals surface area contributed by atoms with Gasteiger partial charge in [0.15, 0.2) is 0 Å². The molecule has 0 heterocycles. The second-order valence-corrected chi connectivity index (χ2v) is 4.97. The van der Waals surface area contributed by atoms with Crippen LogP contribution in [0.4, 0.5) is 11.4 Å². The molecule has 0 radical (unpaired) electrons. The van der Waals surface area contributed by atoms with Gasteiger partial charge in [0, 0.05) is 12.6 Å². The third-order valence-corrected chi connectivity index (χ3v) is 2.71. The number of anilines is 1. The third kappa shape index (κ3) is 4.16. The van der Waals surface area contributed by atoms with Crippen molar-refractivity contribution in [3.63, 3.8) is 0 Å². The second kappa shape index (κ2) is 6.69. The summed E-state index contributed by atoms with van der Waals surface area (Å²) in [4.78, 5) is 34.5. The molecular formula is C13H17N3O5. The normalized spacial score (nSPS) is 10.4. The summed E-state index contributed by atoms with van der Waals surface area (Å²) in [5.74, 6) is -1.74. The molecule has 0 saturated heterocycles. The molecule has 0 aliphatic heterocycles. The highest BCUT2D eigenvalue weighted by molar-refractivity contribution is 6.02. The van der Waals surface area contributed by atoms with Crippen LogP contribution in [0.3, 0.4) is 0 Å². The van der Waals surface area contributed by atoms with Crippen molar-refractivity contribution in [2.75, 3.05) is 18.8 Å². The van der Waals surface area contributed by atoms with Gasteiger partial charge in [0.2, 0.25) is 0 Å². The van der Waals surface area contributed by atoms with Gasteiger partial charge in [-0.3, -0.25) is 19.7 Å². The molecule has 8 heteroatoms. The van der Waals surface area contributed by atoms with Gasteiger partial charge in [0.1, 0.15) is 12.2 Å². The molecule has 1 aromatic carbocycles. The number of hydrogen-bond acceptors (Lipinski definition) is 5. The van der Waals surface area contributed by atoms with Crippen LogP contribution in [0.1, 0.15) is 24.2 Å². The minimum atomic E-state index is -1.16. The van der Waals surface area contributed by atoms with Crippen LogP contribution in [-0.4, -0.2) is 39.9 Å². The van der Waals surface area contributed by atoms with Crippen LogP contribution in [0.5, 0.6) is 0 Å². The Kier molecular flexibility index (Phi) is 5.23. The van der Waals surface area contributed by atoms with Gasteiger partial charge < -0.3 is 15.7 Å². The van der Waals surface area contributed by atoms with Crippen LogP contribution in [0.15, 0.2) is 18.2 Å². The van der Waals surface area contributed by atoms with E-state index in [1.807, 2.05) is 13.8 Å². The summed E-state index contributed by atoms with van der Waals surface area (Å²) in [6, 6.07) is 3.88. The summed E-state index contributed by atoms with van der Waals surface area (Å²) in [5.41, 5.74) is 4.95. The molecule has 1 amide bonds. The topological polar surface area (TPSA) is 127 Å². The SMILES string of the molecule is CC(C)CN(CC(=O)O)C(=O)c1cccc([N+](=O)[O-])c1N. The van der Waals surface area contributed by atoms with E-state index >= 15 is 0 Å². The van der Waals surface area contributed by atoms with Crippen LogP contribution >= 0.6 is 0 Å². The number of nitrogens with two attached hydrogens (primary N) is 1. The molecule has 0 unspecified atom stereocenters. The number of carbonyl (C=O) groups excluding carboxylic acids is 1. The number of amides is 1. The number of benzene rings is 1. The van der Waals surface area contributed by atoms with E-state index < -0.39 is 23.3 Å². The number of para-hydroxylation sites is 1. The summed E-state index contributed by atoms with van der Waals surface area (Å²) in [7, 11) is 0. The van der Waals surface area contributed by atoms with Gasteiger partial charge in [-0.1, -0.05) is 19.9 Å². The lowest BCUT2D eigenvalue weighted by Gasteiger charge is -2.23. The zero-order valence-electron chi connectivity index (χ0n) is 11.8. The zero-order valence-corrected chi connectivity index (χ0v) is 11.8. The minimum Gasteiger partial charge on any atom is -0.480 e. The molecule has 0 saturated carbocycles. The van der Waals surface area contributed by atoms with E-state index in [-0.39, 0.29) is 29.4 Å². The number of nitro groups is 1. The lowest BCUT2D eigenvalue weighted by atomic mass is 10.1. The molecule has 0 atom stereocenters. The highest BCUT2D eigenvalue weighted by Gasteiger charge is 2.25. The molecule has 0 aliphatic rings. The Balaban J connectivity index is 3.17. The average Bonchev–Trinajstić information content (AvgIpc) is 2.36. The van der Waals surface area contributed by atoms with Gasteiger partial charge in [-0.15, -0.1) is 0 Å². The van der Waals surface area contributed by atoms with Gasteiger partial charge >= 0.3 is 5.97 Å². The Hall–Kier alpha value is -2.64. The Morgan fingerprint density at radius 2 is 2.05 bits per heavy atom. The third-order valence-electron chi connectivity index (χ3n) is 2.71. The van der Waals surface area contributed by atoms with E-state index in [9.17, 15) is 19.7 Å². The van der Waals surface area contributed by atoms with Gasteiger partial charge in [0.25, 0.3) is 11.6 Å². The number of hydrogen-bond donors (Lipinski definition) is 2. The predicted octanol–water partition coefficient (Wildman–Crippen LogP) is 1.36. The number of nitrogen functional groups attached to an aromatic ring is 1. The lowest BCUT2D eigenvalue weighted by Crippen LogP contribution is -2.38. The maximum absolute atomic E-state index is 12.4. The average molecular weight is 295 g/mol. The van der Waals surface area contributed by atoms with Gasteiger partial charge in [-0.2, -0.15) is 0 Å². The van der Waals surface area contributed by atoms with Crippen molar-refractivity contribution >= 4 is 23.3 Å². The first-order chi connectivity index (χ1) is 9.73. The fourth-order valence-corrected chi connectivity index (χ4v) is 1.89. The molecule has 1 rings (SSSR count). The Morgan fingerprint density at radius 1 is 1.43 bits per heavy atom. The zero-order chi connectivity index (χ0) is 16.2. The number of nitro benzene ring substituents is 1. The van der Waals surface area contributed by atoms with Crippen molar-refractivity contribution in [1.82, 2.24) is 4.90 Å². The maximum Gasteiger partial charge on any atom is 0.323 e. The molecular weight excluding hydrogens is 278 g/mol. The first kappa shape index (κ1) is 16.4. The molecule has 0 bridgehead atoms. The van der Waals surface area contributed by atoms with Crippen molar-refractivity contribution in [3.8, 4) is 0 Å². The predicted molar refractivity (Wildman–Crippen MR) is 75.9 cm³/mol. The summed E-state index contributed by atoms with van der Waals surface area (Å²) < 4.78 is 0. The van der Waals surface area contributed by atoms with Gasteiger partial charge in [0.05, 0.1) is 10.5 Å². The Labute approximate surface area is 121 Å². The standard InChI is InChI=1S/C13H17N3O5/c1-8(2)6-15(7-11(17)18)13(19)9-4-3-5-10(12(9)14)16(20)21/h3-5,8H,6-7,14H2,1-2H3,(H,17,18). The van der Waals surface area contributed by atoms with Crippen molar-refractivity contribution in [1.29, 1.82) is 0 Å². The summed E-state index contributed by atoms with van der Waals surface area (Å²) >= 11 is 0. The van der Waals surface area contributed by atoms with Crippen molar-refractivity contribution in [2.45, 2.75) is 13.8 Å². The summed E-state index contributed by atoms with van der Waals surface area (Å²) in [6.07, 6.45) is 0. The number of aliphatic carboxylic acids is 1. The molecule has 8 nitrogen and oxygen atoms in total. The quantitative estimate of drug-likeness (QED) is 0.463. The van der Waals surface area contributed by atoms with Crippen LogP contribution in [0.2, 0.25) is 0 Å². The molecule has 0 fully saturated rings. The number of carbonyl (C=O) groups is 2. The van der Waals surface area contributed by atoms with Gasteiger partial charge in [-0.05, 0) is 12.0 Å². The number of carboxylic acid groups (broad SMARTS) is 1. The molecule has 0 aliphatic carbocycles. The Bertz CT molecular complexity index is 571.